The topological polar surface area (TPSA) is 49.4 Å². The number of amides is 2. The van der Waals surface area contributed by atoms with Crippen LogP contribution >= 0.6 is 0 Å². The number of hydrogen-bond acceptors (Lipinski definition) is 2. The molecule has 0 aliphatic carbocycles. The molecule has 1 heterocycles. The fraction of sp³-hybridized carbons (Fsp3) is 0.895. The van der Waals surface area contributed by atoms with E-state index in [0.717, 1.165) is 38.8 Å². The van der Waals surface area contributed by atoms with E-state index in [0.29, 0.717) is 13.0 Å². The van der Waals surface area contributed by atoms with Crippen molar-refractivity contribution in [3.63, 3.8) is 0 Å². The molecule has 1 saturated heterocycles. The molecule has 1 aliphatic rings. The Morgan fingerprint density at radius 1 is 1.04 bits per heavy atom. The van der Waals surface area contributed by atoms with E-state index in [9.17, 15) is 9.59 Å². The van der Waals surface area contributed by atoms with Crippen molar-refractivity contribution in [2.45, 2.75) is 85.5 Å². The van der Waals surface area contributed by atoms with E-state index in [1.165, 1.54) is 25.7 Å². The number of likely N-dealkylation sites (tertiary alicyclic amines) is 1. The Morgan fingerprint density at radius 2 is 1.65 bits per heavy atom. The third-order valence-electron chi connectivity index (χ3n) is 4.20. The Morgan fingerprint density at radius 3 is 2.30 bits per heavy atom. The Balaban J connectivity index is 0.00000232. The molecule has 0 spiro atoms. The van der Waals surface area contributed by atoms with Gasteiger partial charge in [-0.2, -0.15) is 0 Å². The maximum Gasteiger partial charge on any atom is 0.225 e. The summed E-state index contributed by atoms with van der Waals surface area (Å²) in [5.74, 6) is 0.0851. The Bertz CT molecular complexity index is 318. The molecule has 1 fully saturated rings. The van der Waals surface area contributed by atoms with Gasteiger partial charge in [-0.25, -0.2) is 0 Å². The highest BCUT2D eigenvalue weighted by Crippen LogP contribution is 2.19. The summed E-state index contributed by atoms with van der Waals surface area (Å²) in [6.45, 7) is 10.5. The first-order chi connectivity index (χ1) is 11.2. The lowest BCUT2D eigenvalue weighted by Gasteiger charge is -2.16. The molecule has 0 aromatic carbocycles. The van der Waals surface area contributed by atoms with Crippen LogP contribution in [-0.2, 0) is 9.59 Å². The Labute approximate surface area is 143 Å². The van der Waals surface area contributed by atoms with E-state index >= 15 is 0 Å². The van der Waals surface area contributed by atoms with Gasteiger partial charge in [0.15, 0.2) is 0 Å². The largest absolute Gasteiger partial charge is 0.356 e. The van der Waals surface area contributed by atoms with Crippen molar-refractivity contribution in [1.29, 1.82) is 0 Å². The molecule has 0 radical (unpaired) electrons. The number of rotatable bonds is 11. The maximum atomic E-state index is 12.0. The molecule has 23 heavy (non-hydrogen) atoms. The van der Waals surface area contributed by atoms with Gasteiger partial charge in [-0.1, -0.05) is 66.2 Å². The van der Waals surface area contributed by atoms with Crippen LogP contribution in [0.1, 0.15) is 85.5 Å². The monoisotopic (exact) mass is 326 g/mol. The first-order valence-corrected chi connectivity index (χ1v) is 9.74. The van der Waals surface area contributed by atoms with Crippen LogP contribution in [0.3, 0.4) is 0 Å². The van der Waals surface area contributed by atoms with Crippen molar-refractivity contribution >= 4 is 11.8 Å². The lowest BCUT2D eigenvalue weighted by molar-refractivity contribution is -0.129. The SMILES string of the molecule is CC.CCCCCCCN1CC(C(=O)NCCCCC)CC1=O. The fourth-order valence-corrected chi connectivity index (χ4v) is 2.80. The van der Waals surface area contributed by atoms with Gasteiger partial charge in [0.25, 0.3) is 0 Å². The van der Waals surface area contributed by atoms with Crippen molar-refractivity contribution in [2.75, 3.05) is 19.6 Å². The number of nitrogens with one attached hydrogen (secondary N) is 1. The molecule has 1 N–H and O–H groups in total. The minimum atomic E-state index is -0.130. The molecular formula is C19H38N2O2. The number of unbranched alkanes of at least 4 members (excludes halogenated alkanes) is 6. The first kappa shape index (κ1) is 21.9. The molecule has 2 amide bonds. The highest BCUT2D eigenvalue weighted by atomic mass is 16.2. The second kappa shape index (κ2) is 14.5. The molecule has 4 heteroatoms. The number of carbonyl (C=O) groups is 2. The van der Waals surface area contributed by atoms with Gasteiger partial charge in [0.1, 0.15) is 0 Å². The minimum absolute atomic E-state index is 0.0629. The van der Waals surface area contributed by atoms with E-state index < -0.39 is 0 Å². The Hall–Kier alpha value is -1.06. The van der Waals surface area contributed by atoms with Crippen LogP contribution in [0.25, 0.3) is 0 Å². The zero-order chi connectivity index (χ0) is 17.5. The van der Waals surface area contributed by atoms with Gasteiger partial charge >= 0.3 is 0 Å². The Kier molecular flexibility index (Phi) is 13.9. The molecule has 4 nitrogen and oxygen atoms in total. The highest BCUT2D eigenvalue weighted by Gasteiger charge is 2.33. The van der Waals surface area contributed by atoms with Crippen molar-refractivity contribution in [1.82, 2.24) is 10.2 Å². The molecule has 0 saturated carbocycles. The van der Waals surface area contributed by atoms with Crippen LogP contribution < -0.4 is 5.32 Å². The maximum absolute atomic E-state index is 12.0. The molecule has 1 rings (SSSR count). The van der Waals surface area contributed by atoms with Gasteiger partial charge in [0.2, 0.25) is 11.8 Å². The van der Waals surface area contributed by atoms with E-state index in [1.54, 1.807) is 0 Å². The standard InChI is InChI=1S/C17H32N2O2.C2H6/c1-3-5-7-8-10-12-19-14-15(13-16(19)20)17(21)18-11-9-6-4-2;1-2/h15H,3-14H2,1-2H3,(H,18,21);1-2H3. The van der Waals surface area contributed by atoms with Crippen molar-refractivity contribution in [3.8, 4) is 0 Å². The smallest absolute Gasteiger partial charge is 0.225 e. The summed E-state index contributed by atoms with van der Waals surface area (Å²) < 4.78 is 0. The molecule has 1 atom stereocenters. The number of nitrogens with zero attached hydrogens (tertiary/aromatic N) is 1. The van der Waals surface area contributed by atoms with Gasteiger partial charge in [-0.05, 0) is 12.8 Å². The van der Waals surface area contributed by atoms with E-state index in [1.807, 2.05) is 18.7 Å². The van der Waals surface area contributed by atoms with Crippen LogP contribution in [0.15, 0.2) is 0 Å². The first-order valence-electron chi connectivity index (χ1n) is 9.74. The summed E-state index contributed by atoms with van der Waals surface area (Å²) in [5, 5.41) is 2.97. The van der Waals surface area contributed by atoms with E-state index in [-0.39, 0.29) is 17.7 Å². The quantitative estimate of drug-likeness (QED) is 0.580. The van der Waals surface area contributed by atoms with E-state index in [4.69, 9.17) is 0 Å². The van der Waals surface area contributed by atoms with Crippen LogP contribution in [-0.4, -0.2) is 36.3 Å². The summed E-state index contributed by atoms with van der Waals surface area (Å²) >= 11 is 0. The second-order valence-electron chi connectivity index (χ2n) is 6.15. The molecule has 1 aliphatic heterocycles. The summed E-state index contributed by atoms with van der Waals surface area (Å²) in [7, 11) is 0. The van der Waals surface area contributed by atoms with Crippen LogP contribution in [0.2, 0.25) is 0 Å². The van der Waals surface area contributed by atoms with Crippen molar-refractivity contribution in [3.05, 3.63) is 0 Å². The highest BCUT2D eigenvalue weighted by molar-refractivity contribution is 5.89. The lowest BCUT2D eigenvalue weighted by Crippen LogP contribution is -2.33. The molecule has 136 valence electrons. The second-order valence-corrected chi connectivity index (χ2v) is 6.15. The van der Waals surface area contributed by atoms with Gasteiger partial charge < -0.3 is 10.2 Å². The fourth-order valence-electron chi connectivity index (χ4n) is 2.80. The van der Waals surface area contributed by atoms with Gasteiger partial charge in [-0.15, -0.1) is 0 Å². The van der Waals surface area contributed by atoms with Crippen molar-refractivity contribution < 1.29 is 9.59 Å². The summed E-state index contributed by atoms with van der Waals surface area (Å²) in [6, 6.07) is 0. The normalized spacial score (nSPS) is 17.0. The molecule has 0 aromatic heterocycles. The summed E-state index contributed by atoms with van der Waals surface area (Å²) in [6.07, 6.45) is 9.75. The van der Waals surface area contributed by atoms with E-state index in [2.05, 4.69) is 19.2 Å². The van der Waals surface area contributed by atoms with Gasteiger partial charge in [0, 0.05) is 26.1 Å². The molecule has 1 unspecified atom stereocenters. The lowest BCUT2D eigenvalue weighted by atomic mass is 10.1. The van der Waals surface area contributed by atoms with Crippen LogP contribution in [0.5, 0.6) is 0 Å². The molecule has 0 aromatic rings. The zero-order valence-electron chi connectivity index (χ0n) is 15.8. The molecule has 0 bridgehead atoms. The average molecular weight is 327 g/mol. The predicted molar refractivity (Wildman–Crippen MR) is 97.3 cm³/mol. The predicted octanol–water partition coefficient (Wildman–Crippen LogP) is 4.14. The summed E-state index contributed by atoms with van der Waals surface area (Å²) in [5.41, 5.74) is 0. The zero-order valence-corrected chi connectivity index (χ0v) is 15.8. The van der Waals surface area contributed by atoms with Crippen molar-refractivity contribution in [2.24, 2.45) is 5.92 Å². The third kappa shape index (κ3) is 9.62. The van der Waals surface area contributed by atoms with Gasteiger partial charge in [-0.3, -0.25) is 9.59 Å². The summed E-state index contributed by atoms with van der Waals surface area (Å²) in [4.78, 5) is 25.8. The average Bonchev–Trinajstić information content (AvgIpc) is 2.94. The number of carbonyl (C=O) groups excluding carboxylic acids is 2. The van der Waals surface area contributed by atoms with Crippen LogP contribution in [0, 0.1) is 5.92 Å². The van der Waals surface area contributed by atoms with Crippen LogP contribution in [0.4, 0.5) is 0 Å². The molecular weight excluding hydrogens is 288 g/mol. The van der Waals surface area contributed by atoms with Gasteiger partial charge in [0.05, 0.1) is 5.92 Å². The minimum Gasteiger partial charge on any atom is -0.356 e. The third-order valence-corrected chi connectivity index (χ3v) is 4.20. The number of hydrogen-bond donors (Lipinski definition) is 1.